The van der Waals surface area contributed by atoms with Crippen LogP contribution in [0.5, 0.6) is 0 Å². The summed E-state index contributed by atoms with van der Waals surface area (Å²) in [6.45, 7) is 3.14. The summed E-state index contributed by atoms with van der Waals surface area (Å²) >= 11 is 0. The zero-order chi connectivity index (χ0) is 14.8. The fraction of sp³-hybridized carbons (Fsp3) is 0.571. The van der Waals surface area contributed by atoms with E-state index in [9.17, 15) is 12.8 Å². The number of halogens is 1. The highest BCUT2D eigenvalue weighted by Crippen LogP contribution is 2.26. The van der Waals surface area contributed by atoms with Crippen molar-refractivity contribution < 1.29 is 12.8 Å². The van der Waals surface area contributed by atoms with E-state index in [0.29, 0.717) is 19.0 Å². The highest BCUT2D eigenvalue weighted by atomic mass is 32.2. The molecule has 0 aliphatic carbocycles. The first kappa shape index (κ1) is 15.3. The molecule has 2 rings (SSSR count). The van der Waals surface area contributed by atoms with Crippen LogP contribution >= 0.6 is 0 Å². The topological polar surface area (TPSA) is 63.4 Å². The molecule has 20 heavy (non-hydrogen) atoms. The van der Waals surface area contributed by atoms with Crippen molar-refractivity contribution in [1.82, 2.24) is 4.31 Å². The van der Waals surface area contributed by atoms with Crippen LogP contribution in [0.4, 0.5) is 10.1 Å². The number of benzene rings is 1. The Kier molecular flexibility index (Phi) is 4.65. The van der Waals surface area contributed by atoms with E-state index >= 15 is 0 Å². The van der Waals surface area contributed by atoms with Gasteiger partial charge in [-0.15, -0.1) is 0 Å². The predicted molar refractivity (Wildman–Crippen MR) is 77.2 cm³/mol. The van der Waals surface area contributed by atoms with Crippen molar-refractivity contribution in [2.24, 2.45) is 5.92 Å². The fourth-order valence-corrected chi connectivity index (χ4v) is 4.11. The van der Waals surface area contributed by atoms with E-state index in [1.165, 1.54) is 16.4 Å². The molecule has 0 radical (unpaired) electrons. The third kappa shape index (κ3) is 3.12. The first-order valence-corrected chi connectivity index (χ1v) is 8.44. The standard InChI is InChI=1S/C14H21FN2O2S/c1-2-11-4-3-8-17(9-7-11)20(18,19)12-5-6-14(16)13(15)10-12/h5-6,10-11H,2-4,7-9,16H2,1H3. The van der Waals surface area contributed by atoms with Gasteiger partial charge in [0.1, 0.15) is 5.82 Å². The van der Waals surface area contributed by atoms with Gasteiger partial charge in [0.25, 0.3) is 0 Å². The molecule has 0 bridgehead atoms. The van der Waals surface area contributed by atoms with Crippen molar-refractivity contribution in [1.29, 1.82) is 0 Å². The van der Waals surface area contributed by atoms with E-state index in [1.807, 2.05) is 0 Å². The second-order valence-electron chi connectivity index (χ2n) is 5.29. The Morgan fingerprint density at radius 1 is 1.35 bits per heavy atom. The maximum absolute atomic E-state index is 13.5. The smallest absolute Gasteiger partial charge is 0.243 e. The van der Waals surface area contributed by atoms with Gasteiger partial charge < -0.3 is 5.73 Å². The van der Waals surface area contributed by atoms with Crippen LogP contribution in [0.1, 0.15) is 32.6 Å². The van der Waals surface area contributed by atoms with Gasteiger partial charge in [0.05, 0.1) is 10.6 Å². The first-order chi connectivity index (χ1) is 9.45. The van der Waals surface area contributed by atoms with Gasteiger partial charge in [0.15, 0.2) is 0 Å². The molecule has 4 nitrogen and oxygen atoms in total. The van der Waals surface area contributed by atoms with Crippen LogP contribution in [0.2, 0.25) is 0 Å². The largest absolute Gasteiger partial charge is 0.396 e. The summed E-state index contributed by atoms with van der Waals surface area (Å²) in [5, 5.41) is 0. The van der Waals surface area contributed by atoms with Crippen molar-refractivity contribution in [3.05, 3.63) is 24.0 Å². The first-order valence-electron chi connectivity index (χ1n) is 7.00. The van der Waals surface area contributed by atoms with Gasteiger partial charge in [-0.3, -0.25) is 0 Å². The minimum atomic E-state index is -3.62. The van der Waals surface area contributed by atoms with Crippen molar-refractivity contribution >= 4 is 15.7 Å². The van der Waals surface area contributed by atoms with Gasteiger partial charge >= 0.3 is 0 Å². The quantitative estimate of drug-likeness (QED) is 0.873. The summed E-state index contributed by atoms with van der Waals surface area (Å²) in [5.41, 5.74) is 5.35. The van der Waals surface area contributed by atoms with Gasteiger partial charge in [-0.2, -0.15) is 4.31 Å². The molecule has 2 N–H and O–H groups in total. The van der Waals surface area contributed by atoms with E-state index in [4.69, 9.17) is 5.73 Å². The molecule has 1 aliphatic rings. The third-order valence-electron chi connectivity index (χ3n) is 3.99. The van der Waals surface area contributed by atoms with Gasteiger partial charge in [0, 0.05) is 13.1 Å². The molecule has 1 aliphatic heterocycles. The highest BCUT2D eigenvalue weighted by Gasteiger charge is 2.27. The average molecular weight is 300 g/mol. The highest BCUT2D eigenvalue weighted by molar-refractivity contribution is 7.89. The van der Waals surface area contributed by atoms with Crippen molar-refractivity contribution in [2.75, 3.05) is 18.8 Å². The lowest BCUT2D eigenvalue weighted by Crippen LogP contribution is -2.32. The maximum atomic E-state index is 13.5. The Labute approximate surface area is 119 Å². The normalized spacial score (nSPS) is 21.6. The lowest BCUT2D eigenvalue weighted by atomic mass is 9.98. The summed E-state index contributed by atoms with van der Waals surface area (Å²) in [6.07, 6.45) is 3.85. The molecule has 1 saturated heterocycles. The summed E-state index contributed by atoms with van der Waals surface area (Å²) < 4.78 is 40.0. The van der Waals surface area contributed by atoms with E-state index in [2.05, 4.69) is 6.92 Å². The number of anilines is 1. The molecule has 112 valence electrons. The lowest BCUT2D eigenvalue weighted by molar-refractivity contribution is 0.407. The second kappa shape index (κ2) is 6.10. The fourth-order valence-electron chi connectivity index (χ4n) is 2.61. The van der Waals surface area contributed by atoms with E-state index < -0.39 is 15.8 Å². The molecular formula is C14H21FN2O2S. The number of nitrogens with zero attached hydrogens (tertiary/aromatic N) is 1. The molecule has 0 aromatic heterocycles. The number of nitrogens with two attached hydrogens (primary N) is 1. The van der Waals surface area contributed by atoms with Crippen LogP contribution in [0.15, 0.2) is 23.1 Å². The third-order valence-corrected chi connectivity index (χ3v) is 5.89. The van der Waals surface area contributed by atoms with Crippen LogP contribution in [0.3, 0.4) is 0 Å². The maximum Gasteiger partial charge on any atom is 0.243 e. The van der Waals surface area contributed by atoms with E-state index in [-0.39, 0.29) is 10.6 Å². The number of sulfonamides is 1. The minimum Gasteiger partial charge on any atom is -0.396 e. The van der Waals surface area contributed by atoms with Crippen LogP contribution in [0.25, 0.3) is 0 Å². The van der Waals surface area contributed by atoms with Gasteiger partial charge in [-0.05, 0) is 43.4 Å². The van der Waals surface area contributed by atoms with Gasteiger partial charge in [-0.25, -0.2) is 12.8 Å². The van der Waals surface area contributed by atoms with Crippen molar-refractivity contribution in [2.45, 2.75) is 37.5 Å². The van der Waals surface area contributed by atoms with E-state index in [0.717, 1.165) is 31.7 Å². The summed E-state index contributed by atoms with van der Waals surface area (Å²) in [5.74, 6) is -0.106. The summed E-state index contributed by atoms with van der Waals surface area (Å²) in [4.78, 5) is -0.0147. The summed E-state index contributed by atoms with van der Waals surface area (Å²) in [6, 6.07) is 3.68. The number of hydrogen-bond acceptors (Lipinski definition) is 3. The summed E-state index contributed by atoms with van der Waals surface area (Å²) in [7, 11) is -3.62. The molecule has 1 heterocycles. The lowest BCUT2D eigenvalue weighted by Gasteiger charge is -2.20. The molecular weight excluding hydrogens is 279 g/mol. The Morgan fingerprint density at radius 2 is 2.10 bits per heavy atom. The monoisotopic (exact) mass is 300 g/mol. The van der Waals surface area contributed by atoms with E-state index in [1.54, 1.807) is 0 Å². The molecule has 0 spiro atoms. The average Bonchev–Trinajstić information content (AvgIpc) is 2.67. The molecule has 0 amide bonds. The Balaban J connectivity index is 2.23. The van der Waals surface area contributed by atoms with Crippen molar-refractivity contribution in [3.8, 4) is 0 Å². The van der Waals surface area contributed by atoms with Crippen LogP contribution in [-0.2, 0) is 10.0 Å². The van der Waals surface area contributed by atoms with Gasteiger partial charge in [0.2, 0.25) is 10.0 Å². The van der Waals surface area contributed by atoms with Crippen LogP contribution in [0, 0.1) is 11.7 Å². The number of hydrogen-bond donors (Lipinski definition) is 1. The number of rotatable bonds is 3. The minimum absolute atomic E-state index is 0.0147. The Bertz CT molecular complexity index is 575. The Hall–Kier alpha value is -1.14. The van der Waals surface area contributed by atoms with Crippen LogP contribution < -0.4 is 5.73 Å². The molecule has 0 saturated carbocycles. The predicted octanol–water partition coefficient (Wildman–Crippen LogP) is 2.61. The second-order valence-corrected chi connectivity index (χ2v) is 7.23. The zero-order valence-corrected chi connectivity index (χ0v) is 12.5. The molecule has 1 atom stereocenters. The molecule has 6 heteroatoms. The van der Waals surface area contributed by atoms with Crippen LogP contribution in [-0.4, -0.2) is 25.8 Å². The SMILES string of the molecule is CCC1CCCN(S(=O)(=O)c2ccc(N)c(F)c2)CC1. The molecule has 1 aromatic rings. The molecule has 1 aromatic carbocycles. The number of nitrogen functional groups attached to an aromatic ring is 1. The molecule has 1 fully saturated rings. The van der Waals surface area contributed by atoms with Crippen molar-refractivity contribution in [3.63, 3.8) is 0 Å². The Morgan fingerprint density at radius 3 is 2.75 bits per heavy atom. The van der Waals surface area contributed by atoms with Gasteiger partial charge in [-0.1, -0.05) is 13.3 Å². The molecule has 1 unspecified atom stereocenters. The zero-order valence-electron chi connectivity index (χ0n) is 11.7.